The number of benzene rings is 3. The summed E-state index contributed by atoms with van der Waals surface area (Å²) in [5, 5.41) is 16.6. The fourth-order valence-corrected chi connectivity index (χ4v) is 4.36. The first-order valence-corrected chi connectivity index (χ1v) is 12.4. The number of aromatic nitrogens is 2. The zero-order valence-corrected chi connectivity index (χ0v) is 21.8. The minimum atomic E-state index is -0.508. The molecule has 0 spiro atoms. The number of aryl methyl sites for hydroxylation is 1. The lowest BCUT2D eigenvalue weighted by Crippen LogP contribution is -2.22. The molecule has 0 bridgehead atoms. The van der Waals surface area contributed by atoms with Gasteiger partial charge in [-0.3, -0.25) is 14.9 Å². The number of hydrogen-bond donors (Lipinski definition) is 0. The molecule has 4 aromatic rings. The van der Waals surface area contributed by atoms with Crippen LogP contribution in [0.4, 0.5) is 5.69 Å². The SMILES string of the molecule is CCCc1nc2ccc(Br)cc2c(=O)n1N=Cc1cc(Br)cc([N+](=O)[O-])c1OCc1ccccc1. The van der Waals surface area contributed by atoms with Crippen molar-refractivity contribution in [3.8, 4) is 5.75 Å². The maximum Gasteiger partial charge on any atom is 0.312 e. The molecule has 0 aliphatic heterocycles. The molecule has 3 aromatic carbocycles. The standard InChI is InChI=1S/C25H20Br2N4O4/c1-2-6-23-29-21-10-9-18(26)12-20(21)25(32)30(23)28-14-17-11-19(27)13-22(31(33)34)24(17)35-15-16-7-4-3-5-8-16/h3-5,7-14H,2,6,15H2,1H3. The van der Waals surface area contributed by atoms with E-state index in [0.717, 1.165) is 16.5 Å². The van der Waals surface area contributed by atoms with Gasteiger partial charge < -0.3 is 4.74 Å². The fourth-order valence-electron chi connectivity index (χ4n) is 3.54. The van der Waals surface area contributed by atoms with E-state index in [4.69, 9.17) is 4.74 Å². The van der Waals surface area contributed by atoms with E-state index in [1.165, 1.54) is 17.0 Å². The highest BCUT2D eigenvalue weighted by molar-refractivity contribution is 9.10. The third-order valence-electron chi connectivity index (χ3n) is 5.15. The summed E-state index contributed by atoms with van der Waals surface area (Å²) >= 11 is 6.72. The topological polar surface area (TPSA) is 99.6 Å². The Bertz CT molecular complexity index is 1490. The van der Waals surface area contributed by atoms with Crippen molar-refractivity contribution in [2.75, 3.05) is 0 Å². The number of nitro groups is 1. The van der Waals surface area contributed by atoms with Crippen LogP contribution in [0.5, 0.6) is 5.75 Å². The van der Waals surface area contributed by atoms with Gasteiger partial charge in [0.25, 0.3) is 5.56 Å². The summed E-state index contributed by atoms with van der Waals surface area (Å²) in [6, 6.07) is 17.7. The summed E-state index contributed by atoms with van der Waals surface area (Å²) in [7, 11) is 0. The highest BCUT2D eigenvalue weighted by Crippen LogP contribution is 2.34. The molecule has 0 saturated heterocycles. The summed E-state index contributed by atoms with van der Waals surface area (Å²) in [5.41, 5.74) is 1.26. The highest BCUT2D eigenvalue weighted by Gasteiger charge is 2.21. The van der Waals surface area contributed by atoms with Gasteiger partial charge in [0.05, 0.1) is 22.0 Å². The second-order valence-corrected chi connectivity index (χ2v) is 9.51. The van der Waals surface area contributed by atoms with Crippen LogP contribution >= 0.6 is 31.9 Å². The van der Waals surface area contributed by atoms with Gasteiger partial charge >= 0.3 is 5.69 Å². The maximum atomic E-state index is 13.3. The molecule has 1 aromatic heterocycles. The van der Waals surface area contributed by atoms with Gasteiger partial charge in [-0.1, -0.05) is 69.1 Å². The van der Waals surface area contributed by atoms with Gasteiger partial charge in [0.15, 0.2) is 0 Å². The smallest absolute Gasteiger partial charge is 0.312 e. The van der Waals surface area contributed by atoms with E-state index in [0.29, 0.717) is 33.2 Å². The van der Waals surface area contributed by atoms with Gasteiger partial charge in [-0.05, 0) is 36.2 Å². The van der Waals surface area contributed by atoms with E-state index >= 15 is 0 Å². The van der Waals surface area contributed by atoms with Crippen molar-refractivity contribution in [3.63, 3.8) is 0 Å². The molecule has 0 fully saturated rings. The third-order valence-corrected chi connectivity index (χ3v) is 6.10. The summed E-state index contributed by atoms with van der Waals surface area (Å²) in [5.74, 6) is 0.562. The van der Waals surface area contributed by atoms with Crippen molar-refractivity contribution in [3.05, 3.63) is 107 Å². The van der Waals surface area contributed by atoms with Crippen LogP contribution in [0.15, 0.2) is 79.5 Å². The Morgan fingerprint density at radius 1 is 1.11 bits per heavy atom. The van der Waals surface area contributed by atoms with E-state index < -0.39 is 4.92 Å². The van der Waals surface area contributed by atoms with Gasteiger partial charge in [0.1, 0.15) is 12.4 Å². The van der Waals surface area contributed by atoms with Crippen LogP contribution in [0.2, 0.25) is 0 Å². The van der Waals surface area contributed by atoms with Crippen LogP contribution in [0, 0.1) is 10.1 Å². The third kappa shape index (κ3) is 5.66. The van der Waals surface area contributed by atoms with Gasteiger partial charge in [-0.2, -0.15) is 9.78 Å². The van der Waals surface area contributed by atoms with Gasteiger partial charge in [0.2, 0.25) is 5.75 Å². The van der Waals surface area contributed by atoms with Crippen molar-refractivity contribution in [2.45, 2.75) is 26.4 Å². The minimum Gasteiger partial charge on any atom is -0.481 e. The van der Waals surface area contributed by atoms with E-state index in [-0.39, 0.29) is 23.6 Å². The molecule has 0 N–H and O–H groups in total. The Morgan fingerprint density at radius 3 is 2.60 bits per heavy atom. The quantitative estimate of drug-likeness (QED) is 0.135. The monoisotopic (exact) mass is 598 g/mol. The summed E-state index contributed by atoms with van der Waals surface area (Å²) in [6.45, 7) is 2.12. The van der Waals surface area contributed by atoms with Crippen LogP contribution in [-0.2, 0) is 13.0 Å². The van der Waals surface area contributed by atoms with Crippen molar-refractivity contribution >= 4 is 54.7 Å². The molecule has 8 nitrogen and oxygen atoms in total. The summed E-state index contributed by atoms with van der Waals surface area (Å²) in [6.07, 6.45) is 2.69. The summed E-state index contributed by atoms with van der Waals surface area (Å²) < 4.78 is 8.37. The zero-order chi connectivity index (χ0) is 24.9. The van der Waals surface area contributed by atoms with Crippen LogP contribution in [-0.4, -0.2) is 20.8 Å². The molecule has 0 aliphatic carbocycles. The maximum absolute atomic E-state index is 13.3. The predicted molar refractivity (Wildman–Crippen MR) is 142 cm³/mol. The Kier molecular flexibility index (Phi) is 7.72. The summed E-state index contributed by atoms with van der Waals surface area (Å²) in [4.78, 5) is 29.2. The lowest BCUT2D eigenvalue weighted by Gasteiger charge is -2.11. The van der Waals surface area contributed by atoms with Crippen LogP contribution in [0.3, 0.4) is 0 Å². The van der Waals surface area contributed by atoms with E-state index in [9.17, 15) is 14.9 Å². The van der Waals surface area contributed by atoms with Crippen molar-refractivity contribution in [1.29, 1.82) is 0 Å². The number of rotatable bonds is 8. The number of fused-ring (bicyclic) bond motifs is 1. The first-order chi connectivity index (χ1) is 16.9. The Labute approximate surface area is 217 Å². The minimum absolute atomic E-state index is 0.0624. The van der Waals surface area contributed by atoms with Crippen LogP contribution < -0.4 is 10.3 Å². The molecule has 1 heterocycles. The molecule has 178 valence electrons. The molecular formula is C25H20Br2N4O4. The van der Waals surface area contributed by atoms with Gasteiger partial charge in [-0.25, -0.2) is 4.98 Å². The van der Waals surface area contributed by atoms with Crippen molar-refractivity contribution in [1.82, 2.24) is 9.66 Å². The Morgan fingerprint density at radius 2 is 1.89 bits per heavy atom. The first-order valence-electron chi connectivity index (χ1n) is 10.8. The molecule has 4 rings (SSSR count). The second kappa shape index (κ2) is 10.9. The molecular weight excluding hydrogens is 580 g/mol. The molecule has 0 amide bonds. The zero-order valence-electron chi connectivity index (χ0n) is 18.6. The van der Waals surface area contributed by atoms with Crippen molar-refractivity contribution < 1.29 is 9.66 Å². The predicted octanol–water partition coefficient (Wildman–Crippen LogP) is 6.24. The molecule has 0 unspecified atom stereocenters. The number of hydrogen-bond acceptors (Lipinski definition) is 6. The van der Waals surface area contributed by atoms with Crippen LogP contribution in [0.1, 0.15) is 30.3 Å². The molecule has 0 atom stereocenters. The average molecular weight is 600 g/mol. The molecule has 35 heavy (non-hydrogen) atoms. The van der Waals surface area contributed by atoms with Crippen molar-refractivity contribution in [2.24, 2.45) is 5.10 Å². The number of nitro benzene ring substituents is 1. The van der Waals surface area contributed by atoms with Gasteiger partial charge in [0, 0.05) is 27.0 Å². The number of ether oxygens (including phenoxy) is 1. The normalized spacial score (nSPS) is 11.3. The van der Waals surface area contributed by atoms with E-state index in [1.807, 2.05) is 43.3 Å². The van der Waals surface area contributed by atoms with E-state index in [2.05, 4.69) is 41.9 Å². The van der Waals surface area contributed by atoms with Gasteiger partial charge in [-0.15, -0.1) is 0 Å². The van der Waals surface area contributed by atoms with E-state index in [1.54, 1.807) is 18.2 Å². The Balaban J connectivity index is 1.82. The lowest BCUT2D eigenvalue weighted by atomic mass is 10.2. The lowest BCUT2D eigenvalue weighted by molar-refractivity contribution is -0.386. The van der Waals surface area contributed by atoms with Crippen LogP contribution in [0.25, 0.3) is 10.9 Å². The second-order valence-electron chi connectivity index (χ2n) is 7.68. The highest BCUT2D eigenvalue weighted by atomic mass is 79.9. The molecule has 0 radical (unpaired) electrons. The molecule has 0 saturated carbocycles. The average Bonchev–Trinajstić information content (AvgIpc) is 2.84. The molecule has 10 heteroatoms. The molecule has 0 aliphatic rings. The largest absolute Gasteiger partial charge is 0.481 e. The number of halogens is 2. The fraction of sp³-hybridized carbons (Fsp3) is 0.160. The number of nitrogens with zero attached hydrogens (tertiary/aromatic N) is 4. The Hall–Kier alpha value is -3.37. The first kappa shape index (κ1) is 24.7.